The molecular weight excluding hydrogens is 366 g/mol. The van der Waals surface area contributed by atoms with Gasteiger partial charge in [-0.2, -0.15) is 4.73 Å². The van der Waals surface area contributed by atoms with E-state index >= 15 is 0 Å². The average molecular weight is 383 g/mol. The molecule has 1 aromatic carbocycles. The zero-order chi connectivity index (χ0) is 20.1. The smallest absolute Gasteiger partial charge is 0.406 e. The summed E-state index contributed by atoms with van der Waals surface area (Å²) < 4.78 is 15.7. The van der Waals surface area contributed by atoms with Crippen molar-refractivity contribution < 1.29 is 28.5 Å². The zero-order valence-electron chi connectivity index (χ0n) is 15.2. The molecule has 0 atom stereocenters. The van der Waals surface area contributed by atoms with Crippen molar-refractivity contribution in [3.63, 3.8) is 0 Å². The maximum Gasteiger partial charge on any atom is 0.406 e. The van der Waals surface area contributed by atoms with Gasteiger partial charge in [0.1, 0.15) is 17.9 Å². The number of fused-ring (bicyclic) bond motifs is 1. The van der Waals surface area contributed by atoms with Crippen LogP contribution < -0.4 is 9.47 Å². The fraction of sp³-hybridized carbons (Fsp3) is 0.211. The number of pyridine rings is 1. The fourth-order valence-electron chi connectivity index (χ4n) is 2.55. The number of nitrogens with zero attached hydrogens (tertiary/aromatic N) is 3. The highest BCUT2D eigenvalue weighted by molar-refractivity contribution is 5.90. The number of carbonyl (C=O) groups excluding carboxylic acids is 2. The Morgan fingerprint density at radius 1 is 1.21 bits per heavy atom. The molecule has 0 aliphatic carbocycles. The van der Waals surface area contributed by atoms with E-state index in [0.717, 1.165) is 7.11 Å². The SMILES string of the molecule is CCOc1ccc2nc(COC(=O)c3cccnc3)c(C(=O)OC)[n+]([O-])c2c1. The van der Waals surface area contributed by atoms with E-state index in [0.29, 0.717) is 22.6 Å². The maximum atomic E-state index is 12.8. The third-order valence-corrected chi connectivity index (χ3v) is 3.82. The summed E-state index contributed by atoms with van der Waals surface area (Å²) in [6.45, 7) is 1.85. The third-order valence-electron chi connectivity index (χ3n) is 3.82. The summed E-state index contributed by atoms with van der Waals surface area (Å²) in [6.07, 6.45) is 2.87. The minimum Gasteiger partial charge on any atom is -0.618 e. The Kier molecular flexibility index (Phi) is 5.64. The quantitative estimate of drug-likeness (QED) is 0.360. The van der Waals surface area contributed by atoms with Crippen LogP contribution in [-0.2, 0) is 16.1 Å². The van der Waals surface area contributed by atoms with E-state index in [1.54, 1.807) is 18.2 Å². The number of ether oxygens (including phenoxy) is 3. The number of methoxy groups -OCH3 is 1. The van der Waals surface area contributed by atoms with Crippen LogP contribution in [0.25, 0.3) is 11.0 Å². The van der Waals surface area contributed by atoms with E-state index in [-0.39, 0.29) is 29.1 Å². The van der Waals surface area contributed by atoms with E-state index < -0.39 is 11.9 Å². The minimum absolute atomic E-state index is 0.0178. The largest absolute Gasteiger partial charge is 0.618 e. The lowest BCUT2D eigenvalue weighted by Gasteiger charge is -2.12. The molecule has 144 valence electrons. The molecule has 0 amide bonds. The van der Waals surface area contributed by atoms with Crippen LogP contribution in [0.4, 0.5) is 0 Å². The summed E-state index contributed by atoms with van der Waals surface area (Å²) in [7, 11) is 1.15. The van der Waals surface area contributed by atoms with Gasteiger partial charge < -0.3 is 19.4 Å². The van der Waals surface area contributed by atoms with Gasteiger partial charge in [-0.3, -0.25) is 4.98 Å². The van der Waals surface area contributed by atoms with Crippen molar-refractivity contribution >= 4 is 23.0 Å². The fourth-order valence-corrected chi connectivity index (χ4v) is 2.55. The second-order valence-electron chi connectivity index (χ2n) is 5.59. The number of esters is 2. The highest BCUT2D eigenvalue weighted by atomic mass is 16.5. The summed E-state index contributed by atoms with van der Waals surface area (Å²) >= 11 is 0. The van der Waals surface area contributed by atoms with Crippen molar-refractivity contribution in [3.8, 4) is 5.75 Å². The van der Waals surface area contributed by atoms with Gasteiger partial charge in [0, 0.05) is 12.4 Å². The lowest BCUT2D eigenvalue weighted by molar-refractivity contribution is -0.581. The molecule has 0 unspecified atom stereocenters. The molecule has 9 nitrogen and oxygen atoms in total. The predicted molar refractivity (Wildman–Crippen MR) is 96.6 cm³/mol. The Morgan fingerprint density at radius 2 is 2.04 bits per heavy atom. The molecule has 0 radical (unpaired) electrons. The zero-order valence-corrected chi connectivity index (χ0v) is 15.2. The monoisotopic (exact) mass is 383 g/mol. The Hall–Kier alpha value is -3.75. The number of rotatable bonds is 6. The second-order valence-corrected chi connectivity index (χ2v) is 5.59. The first-order valence-corrected chi connectivity index (χ1v) is 8.39. The van der Waals surface area contributed by atoms with Gasteiger partial charge in [0.05, 0.1) is 25.3 Å². The van der Waals surface area contributed by atoms with Gasteiger partial charge >= 0.3 is 17.6 Å². The van der Waals surface area contributed by atoms with Crippen LogP contribution in [0.1, 0.15) is 33.5 Å². The highest BCUT2D eigenvalue weighted by Gasteiger charge is 2.28. The summed E-state index contributed by atoms with van der Waals surface area (Å²) in [5.74, 6) is -1.08. The molecular formula is C19H17N3O6. The van der Waals surface area contributed by atoms with E-state index in [9.17, 15) is 14.8 Å². The first-order valence-electron chi connectivity index (χ1n) is 8.39. The normalized spacial score (nSPS) is 10.5. The molecule has 3 aromatic rings. The Balaban J connectivity index is 1.99. The molecule has 9 heteroatoms. The maximum absolute atomic E-state index is 12.8. The minimum atomic E-state index is -0.890. The Bertz CT molecular complexity index is 1020. The molecule has 0 fully saturated rings. The molecule has 0 spiro atoms. The standard InChI is InChI=1S/C19H17N3O6/c1-3-27-13-6-7-14-16(9-13)22(25)17(19(24)26-2)15(21-14)11-28-18(23)12-5-4-8-20-10-12/h4-10H,3,11H2,1-2H3. The Morgan fingerprint density at radius 3 is 2.71 bits per heavy atom. The molecule has 28 heavy (non-hydrogen) atoms. The molecule has 0 bridgehead atoms. The van der Waals surface area contributed by atoms with E-state index in [1.807, 2.05) is 6.92 Å². The van der Waals surface area contributed by atoms with E-state index in [2.05, 4.69) is 9.97 Å². The van der Waals surface area contributed by atoms with Crippen LogP contribution in [0, 0.1) is 5.21 Å². The van der Waals surface area contributed by atoms with Crippen LogP contribution in [0.2, 0.25) is 0 Å². The molecule has 0 saturated heterocycles. The van der Waals surface area contributed by atoms with E-state index in [4.69, 9.17) is 14.2 Å². The van der Waals surface area contributed by atoms with Crippen molar-refractivity contribution in [2.24, 2.45) is 0 Å². The van der Waals surface area contributed by atoms with Crippen LogP contribution in [0.15, 0.2) is 42.7 Å². The average Bonchev–Trinajstić information content (AvgIpc) is 2.73. The van der Waals surface area contributed by atoms with Gasteiger partial charge in [-0.25, -0.2) is 14.6 Å². The highest BCUT2D eigenvalue weighted by Crippen LogP contribution is 2.19. The Labute approximate surface area is 160 Å². The van der Waals surface area contributed by atoms with Gasteiger partial charge in [0.15, 0.2) is 5.69 Å². The lowest BCUT2D eigenvalue weighted by Crippen LogP contribution is -2.38. The van der Waals surface area contributed by atoms with Gasteiger partial charge in [0.2, 0.25) is 5.52 Å². The van der Waals surface area contributed by atoms with Crippen molar-refractivity contribution in [1.29, 1.82) is 0 Å². The molecule has 3 rings (SSSR count). The first-order chi connectivity index (χ1) is 13.5. The molecule has 0 saturated carbocycles. The number of benzene rings is 1. The van der Waals surface area contributed by atoms with Gasteiger partial charge in [0.25, 0.3) is 0 Å². The molecule has 0 aliphatic rings. The lowest BCUT2D eigenvalue weighted by atomic mass is 10.2. The predicted octanol–water partition coefficient (Wildman–Crippen LogP) is 1.81. The molecule has 2 heterocycles. The number of hydrogen-bond acceptors (Lipinski definition) is 8. The summed E-state index contributed by atoms with van der Waals surface area (Å²) in [5, 5.41) is 12.8. The van der Waals surface area contributed by atoms with Crippen molar-refractivity contribution in [1.82, 2.24) is 9.97 Å². The van der Waals surface area contributed by atoms with Crippen molar-refractivity contribution in [3.05, 3.63) is 64.9 Å². The van der Waals surface area contributed by atoms with Crippen LogP contribution in [0.5, 0.6) is 5.75 Å². The number of carbonyl (C=O) groups is 2. The third kappa shape index (κ3) is 3.83. The topological polar surface area (TPSA) is 115 Å². The summed E-state index contributed by atoms with van der Waals surface area (Å²) in [5.41, 5.74) is 0.310. The van der Waals surface area contributed by atoms with Crippen molar-refractivity contribution in [2.75, 3.05) is 13.7 Å². The van der Waals surface area contributed by atoms with Crippen molar-refractivity contribution in [2.45, 2.75) is 13.5 Å². The van der Waals surface area contributed by atoms with Crippen LogP contribution in [-0.4, -0.2) is 35.6 Å². The van der Waals surface area contributed by atoms with E-state index in [1.165, 1.54) is 24.5 Å². The summed E-state index contributed by atoms with van der Waals surface area (Å²) in [4.78, 5) is 32.4. The molecule has 0 N–H and O–H groups in total. The van der Waals surface area contributed by atoms with Gasteiger partial charge in [-0.15, -0.1) is 0 Å². The number of hydrogen-bond donors (Lipinski definition) is 0. The first kappa shape index (κ1) is 19.0. The summed E-state index contributed by atoms with van der Waals surface area (Å²) in [6, 6.07) is 7.85. The molecule has 0 aliphatic heterocycles. The van der Waals surface area contributed by atoms with Gasteiger partial charge in [-0.05, 0) is 31.2 Å². The molecule has 2 aromatic heterocycles. The van der Waals surface area contributed by atoms with Crippen LogP contribution in [0.3, 0.4) is 0 Å². The van der Waals surface area contributed by atoms with Gasteiger partial charge in [-0.1, -0.05) is 0 Å². The van der Waals surface area contributed by atoms with Crippen LogP contribution >= 0.6 is 0 Å². The number of aromatic nitrogens is 3. The second kappa shape index (κ2) is 8.30.